The van der Waals surface area contributed by atoms with Gasteiger partial charge < -0.3 is 33.9 Å². The monoisotopic (exact) mass is 586 g/mol. The van der Waals surface area contributed by atoms with Crippen LogP contribution in [0, 0.1) is 0 Å². The average molecular weight is 587 g/mol. The van der Waals surface area contributed by atoms with Crippen LogP contribution >= 0.6 is 0 Å². The maximum atomic E-state index is 13.1. The Hall–Kier alpha value is -4.87. The van der Waals surface area contributed by atoms with Crippen LogP contribution in [0.2, 0.25) is 0 Å². The Morgan fingerprint density at radius 3 is 2.00 bits per heavy atom. The van der Waals surface area contributed by atoms with Crippen molar-refractivity contribution >= 4 is 28.5 Å². The standard InChI is InChI=1S/C30H29F3N2O7/c1-16(2)39-20-8-6-19(7-9-20)35-24-12-10-21(14-23(24)27(34-18(5)36)28(35)29(37)38)41-22-11-13-25(40-17(3)4)26(15-22)42-30(31,32)33/h6-17H,1-5H3,(H,34,36)(H,37,38). The number of hydrogen-bond acceptors (Lipinski definition) is 6. The van der Waals surface area contributed by atoms with Gasteiger partial charge in [-0.15, -0.1) is 13.2 Å². The average Bonchev–Trinajstić information content (AvgIpc) is 3.17. The van der Waals surface area contributed by atoms with Gasteiger partial charge in [0, 0.05) is 24.1 Å². The fourth-order valence-electron chi connectivity index (χ4n) is 4.30. The number of carboxylic acids is 1. The molecule has 0 aliphatic rings. The highest BCUT2D eigenvalue weighted by atomic mass is 19.4. The van der Waals surface area contributed by atoms with E-state index in [1.54, 1.807) is 44.2 Å². The predicted molar refractivity (Wildman–Crippen MR) is 149 cm³/mol. The molecule has 222 valence electrons. The predicted octanol–water partition coefficient (Wildman–Crippen LogP) is 7.55. The van der Waals surface area contributed by atoms with E-state index in [1.165, 1.54) is 35.8 Å². The van der Waals surface area contributed by atoms with E-state index < -0.39 is 30.1 Å². The van der Waals surface area contributed by atoms with Crippen LogP contribution in [0.3, 0.4) is 0 Å². The zero-order valence-corrected chi connectivity index (χ0v) is 23.4. The van der Waals surface area contributed by atoms with E-state index in [9.17, 15) is 27.9 Å². The van der Waals surface area contributed by atoms with Crippen LogP contribution in [0.15, 0.2) is 60.7 Å². The van der Waals surface area contributed by atoms with Gasteiger partial charge >= 0.3 is 12.3 Å². The van der Waals surface area contributed by atoms with Crippen LogP contribution in [-0.4, -0.2) is 40.1 Å². The van der Waals surface area contributed by atoms with Gasteiger partial charge in [0.25, 0.3) is 0 Å². The molecule has 0 saturated heterocycles. The zero-order valence-electron chi connectivity index (χ0n) is 23.4. The van der Waals surface area contributed by atoms with Crippen LogP contribution in [0.4, 0.5) is 18.9 Å². The molecule has 0 radical (unpaired) electrons. The van der Waals surface area contributed by atoms with Gasteiger partial charge in [-0.05, 0) is 82.3 Å². The molecule has 0 aliphatic heterocycles. The normalized spacial score (nSPS) is 11.6. The smallest absolute Gasteiger partial charge is 0.491 e. The second-order valence-corrected chi connectivity index (χ2v) is 9.81. The molecule has 12 heteroatoms. The minimum Gasteiger partial charge on any atom is -0.491 e. The molecular formula is C30H29F3N2O7. The van der Waals surface area contributed by atoms with Gasteiger partial charge in [0.2, 0.25) is 5.91 Å². The maximum Gasteiger partial charge on any atom is 0.573 e. The first-order valence-electron chi connectivity index (χ1n) is 12.9. The number of fused-ring (bicyclic) bond motifs is 1. The highest BCUT2D eigenvalue weighted by molar-refractivity contribution is 6.12. The molecule has 1 aromatic heterocycles. The van der Waals surface area contributed by atoms with Gasteiger partial charge in [-0.2, -0.15) is 0 Å². The van der Waals surface area contributed by atoms with Crippen molar-refractivity contribution in [3.8, 4) is 34.4 Å². The van der Waals surface area contributed by atoms with Gasteiger partial charge in [-0.25, -0.2) is 4.79 Å². The van der Waals surface area contributed by atoms with Crippen molar-refractivity contribution in [1.82, 2.24) is 4.57 Å². The van der Waals surface area contributed by atoms with E-state index in [4.69, 9.17) is 14.2 Å². The summed E-state index contributed by atoms with van der Waals surface area (Å²) in [4.78, 5) is 24.6. The molecule has 1 amide bonds. The highest BCUT2D eigenvalue weighted by Gasteiger charge is 2.33. The van der Waals surface area contributed by atoms with Crippen molar-refractivity contribution in [2.75, 3.05) is 5.32 Å². The molecule has 9 nitrogen and oxygen atoms in total. The number of alkyl halides is 3. The molecule has 2 N–H and O–H groups in total. The van der Waals surface area contributed by atoms with Crippen molar-refractivity contribution in [1.29, 1.82) is 0 Å². The SMILES string of the molecule is CC(=O)Nc1c(C(=O)O)n(-c2ccc(OC(C)C)cc2)c2ccc(Oc3ccc(OC(C)C)c(OC(F)(F)F)c3)cc12. The van der Waals surface area contributed by atoms with E-state index >= 15 is 0 Å². The Balaban J connectivity index is 1.81. The third kappa shape index (κ3) is 7.06. The summed E-state index contributed by atoms with van der Waals surface area (Å²) in [6.07, 6.45) is -5.43. The number of hydrogen-bond donors (Lipinski definition) is 2. The topological polar surface area (TPSA) is 108 Å². The number of carboxylic acid groups (broad SMARTS) is 1. The Morgan fingerprint density at radius 2 is 1.43 bits per heavy atom. The van der Waals surface area contributed by atoms with Crippen molar-refractivity contribution in [3.05, 3.63) is 66.4 Å². The Labute approximate surface area is 239 Å². The number of halogens is 3. The maximum absolute atomic E-state index is 13.1. The van der Waals surface area contributed by atoms with Crippen LogP contribution in [-0.2, 0) is 4.79 Å². The minimum absolute atomic E-state index is 0.00409. The zero-order chi connectivity index (χ0) is 30.8. The molecule has 0 aliphatic carbocycles. The summed E-state index contributed by atoms with van der Waals surface area (Å²) < 4.78 is 61.7. The summed E-state index contributed by atoms with van der Waals surface area (Å²) in [5.74, 6) is -1.74. The van der Waals surface area contributed by atoms with Crippen LogP contribution < -0.4 is 24.3 Å². The van der Waals surface area contributed by atoms with Crippen molar-refractivity contribution in [2.24, 2.45) is 0 Å². The number of rotatable bonds is 10. The molecule has 0 spiro atoms. The summed E-state index contributed by atoms with van der Waals surface area (Å²) in [6.45, 7) is 8.33. The highest BCUT2D eigenvalue weighted by Crippen LogP contribution is 2.40. The van der Waals surface area contributed by atoms with E-state index in [0.29, 0.717) is 22.3 Å². The Kier molecular flexibility index (Phi) is 8.55. The lowest BCUT2D eigenvalue weighted by Crippen LogP contribution is -2.18. The minimum atomic E-state index is -4.96. The number of amides is 1. The van der Waals surface area contributed by atoms with Crippen LogP contribution in [0.5, 0.6) is 28.7 Å². The molecular weight excluding hydrogens is 557 g/mol. The van der Waals surface area contributed by atoms with Gasteiger partial charge in [0.05, 0.1) is 23.4 Å². The second kappa shape index (κ2) is 11.9. The molecule has 0 fully saturated rings. The Bertz CT molecular complexity index is 1610. The summed E-state index contributed by atoms with van der Waals surface area (Å²) in [5.41, 5.74) is 0.752. The molecule has 4 rings (SSSR count). The first-order chi connectivity index (χ1) is 19.7. The largest absolute Gasteiger partial charge is 0.573 e. The molecule has 0 unspecified atom stereocenters. The molecule has 0 saturated carbocycles. The lowest BCUT2D eigenvalue weighted by Gasteiger charge is -2.17. The Morgan fingerprint density at radius 1 is 0.833 bits per heavy atom. The van der Waals surface area contributed by atoms with Crippen molar-refractivity contribution < 1.29 is 46.8 Å². The van der Waals surface area contributed by atoms with Gasteiger partial charge in [0.1, 0.15) is 17.2 Å². The first-order valence-corrected chi connectivity index (χ1v) is 12.9. The van der Waals surface area contributed by atoms with Crippen LogP contribution in [0.25, 0.3) is 16.6 Å². The van der Waals surface area contributed by atoms with Gasteiger partial charge in [-0.1, -0.05) is 0 Å². The summed E-state index contributed by atoms with van der Waals surface area (Å²) >= 11 is 0. The molecule has 0 atom stereocenters. The molecule has 3 aromatic carbocycles. The number of ether oxygens (including phenoxy) is 4. The number of aromatic carboxylic acids is 1. The molecule has 4 aromatic rings. The number of carbonyl (C=O) groups is 2. The van der Waals surface area contributed by atoms with Gasteiger partial charge in [0.15, 0.2) is 17.2 Å². The second-order valence-electron chi connectivity index (χ2n) is 9.81. The van der Waals surface area contributed by atoms with E-state index in [-0.39, 0.29) is 34.7 Å². The molecule has 42 heavy (non-hydrogen) atoms. The summed E-state index contributed by atoms with van der Waals surface area (Å²) in [6, 6.07) is 15.1. The quantitative estimate of drug-likeness (QED) is 0.198. The first kappa shape index (κ1) is 30.1. The summed E-state index contributed by atoms with van der Waals surface area (Å²) in [5, 5.41) is 13.1. The number of benzene rings is 3. The number of carbonyl (C=O) groups excluding carboxylic acids is 1. The van der Waals surface area contributed by atoms with E-state index in [1.807, 2.05) is 13.8 Å². The number of nitrogens with one attached hydrogen (secondary N) is 1. The number of nitrogens with zero attached hydrogens (tertiary/aromatic N) is 1. The third-order valence-electron chi connectivity index (χ3n) is 5.65. The van der Waals surface area contributed by atoms with Crippen molar-refractivity contribution in [3.63, 3.8) is 0 Å². The van der Waals surface area contributed by atoms with E-state index in [0.717, 1.165) is 6.07 Å². The van der Waals surface area contributed by atoms with Crippen LogP contribution in [0.1, 0.15) is 45.1 Å². The fraction of sp³-hybridized carbons (Fsp3) is 0.267. The molecule has 1 heterocycles. The number of anilines is 1. The fourth-order valence-corrected chi connectivity index (χ4v) is 4.30. The van der Waals surface area contributed by atoms with E-state index in [2.05, 4.69) is 10.1 Å². The third-order valence-corrected chi connectivity index (χ3v) is 5.65. The van der Waals surface area contributed by atoms with Gasteiger partial charge in [-0.3, -0.25) is 4.79 Å². The lowest BCUT2D eigenvalue weighted by atomic mass is 10.2. The molecule has 0 bridgehead atoms. The van der Waals surface area contributed by atoms with Crippen molar-refractivity contribution in [2.45, 2.75) is 53.2 Å². The summed E-state index contributed by atoms with van der Waals surface area (Å²) in [7, 11) is 0. The number of aromatic nitrogens is 1. The lowest BCUT2D eigenvalue weighted by molar-refractivity contribution is -0.275.